The molecule has 2 amide bonds. The molecule has 1 heterocycles. The number of hydrogen-bond acceptors (Lipinski definition) is 3. The summed E-state index contributed by atoms with van der Waals surface area (Å²) in [6, 6.07) is 19.0. The molecule has 0 spiro atoms. The number of rotatable bonds is 4. The standard InChI is InChI=1S/C19H20N2O3/c22-18(16-12-7-13-24-16)20-21-19(23)17(14-8-3-1-4-9-14)15-10-5-2-6-11-15/h1-6,8-11,16-17H,7,12-13H2,(H,20,22)(H,21,23)/t16-/m0/s1. The van der Waals surface area contributed by atoms with E-state index in [4.69, 9.17) is 4.74 Å². The van der Waals surface area contributed by atoms with Gasteiger partial charge in [-0.15, -0.1) is 0 Å². The number of carbonyl (C=O) groups is 2. The van der Waals surface area contributed by atoms with Crippen LogP contribution in [0.3, 0.4) is 0 Å². The molecule has 2 aromatic rings. The number of ether oxygens (including phenoxy) is 1. The molecule has 1 aliphatic rings. The number of carbonyl (C=O) groups excluding carboxylic acids is 2. The van der Waals surface area contributed by atoms with Gasteiger partial charge in [0.05, 0.1) is 5.92 Å². The fourth-order valence-corrected chi connectivity index (χ4v) is 2.85. The second-order valence-electron chi connectivity index (χ2n) is 5.73. The van der Waals surface area contributed by atoms with Gasteiger partial charge in [0.25, 0.3) is 5.91 Å². The van der Waals surface area contributed by atoms with Gasteiger partial charge in [-0.3, -0.25) is 20.4 Å². The van der Waals surface area contributed by atoms with Crippen molar-refractivity contribution in [3.05, 3.63) is 71.8 Å². The normalized spacial score (nSPS) is 16.8. The molecule has 5 heteroatoms. The molecule has 0 aliphatic carbocycles. The van der Waals surface area contributed by atoms with Crippen LogP contribution < -0.4 is 10.9 Å². The van der Waals surface area contributed by atoms with Crippen molar-refractivity contribution < 1.29 is 14.3 Å². The second kappa shape index (κ2) is 7.75. The molecule has 1 aliphatic heterocycles. The number of benzene rings is 2. The lowest BCUT2D eigenvalue weighted by Gasteiger charge is -2.19. The zero-order chi connectivity index (χ0) is 16.8. The lowest BCUT2D eigenvalue weighted by Crippen LogP contribution is -2.48. The Morgan fingerprint density at radius 1 is 0.917 bits per heavy atom. The summed E-state index contributed by atoms with van der Waals surface area (Å²) < 4.78 is 5.31. The lowest BCUT2D eigenvalue weighted by molar-refractivity contribution is -0.135. The highest BCUT2D eigenvalue weighted by molar-refractivity contribution is 5.90. The first-order valence-electron chi connectivity index (χ1n) is 8.07. The summed E-state index contributed by atoms with van der Waals surface area (Å²) in [5, 5.41) is 0. The van der Waals surface area contributed by atoms with Crippen LogP contribution in [0.2, 0.25) is 0 Å². The van der Waals surface area contributed by atoms with E-state index in [0.29, 0.717) is 13.0 Å². The summed E-state index contributed by atoms with van der Waals surface area (Å²) in [5.41, 5.74) is 6.76. The van der Waals surface area contributed by atoms with Crippen molar-refractivity contribution in [2.24, 2.45) is 0 Å². The molecule has 2 N–H and O–H groups in total. The second-order valence-corrected chi connectivity index (χ2v) is 5.73. The van der Waals surface area contributed by atoms with Crippen molar-refractivity contribution in [2.45, 2.75) is 24.9 Å². The molecule has 124 valence electrons. The van der Waals surface area contributed by atoms with Gasteiger partial charge in [-0.1, -0.05) is 60.7 Å². The molecule has 5 nitrogen and oxygen atoms in total. The highest BCUT2D eigenvalue weighted by Gasteiger charge is 2.26. The number of hydrazine groups is 1. The number of amides is 2. The van der Waals surface area contributed by atoms with Crippen LogP contribution in [0.1, 0.15) is 29.9 Å². The van der Waals surface area contributed by atoms with E-state index in [1.54, 1.807) is 0 Å². The van der Waals surface area contributed by atoms with Gasteiger partial charge < -0.3 is 4.74 Å². The van der Waals surface area contributed by atoms with Gasteiger partial charge in [-0.2, -0.15) is 0 Å². The Morgan fingerprint density at radius 3 is 2.00 bits per heavy atom. The predicted octanol–water partition coefficient (Wildman–Crippen LogP) is 2.14. The van der Waals surface area contributed by atoms with Gasteiger partial charge in [0.15, 0.2) is 0 Å². The molecule has 0 aromatic heterocycles. The van der Waals surface area contributed by atoms with E-state index in [-0.39, 0.29) is 11.8 Å². The Balaban J connectivity index is 1.73. The van der Waals surface area contributed by atoms with Gasteiger partial charge in [-0.05, 0) is 24.0 Å². The molecule has 1 saturated heterocycles. The third-order valence-electron chi connectivity index (χ3n) is 4.06. The van der Waals surface area contributed by atoms with Gasteiger partial charge in [0.2, 0.25) is 5.91 Å². The minimum Gasteiger partial charge on any atom is -0.368 e. The van der Waals surface area contributed by atoms with E-state index in [9.17, 15) is 9.59 Å². The van der Waals surface area contributed by atoms with E-state index in [1.807, 2.05) is 60.7 Å². The van der Waals surface area contributed by atoms with Gasteiger partial charge >= 0.3 is 0 Å². The van der Waals surface area contributed by atoms with Crippen molar-refractivity contribution in [2.75, 3.05) is 6.61 Å². The van der Waals surface area contributed by atoms with Gasteiger partial charge in [0, 0.05) is 6.61 Å². The molecule has 0 bridgehead atoms. The molecular formula is C19H20N2O3. The minimum absolute atomic E-state index is 0.279. The van der Waals surface area contributed by atoms with Crippen LogP contribution in [0.4, 0.5) is 0 Å². The third-order valence-corrected chi connectivity index (χ3v) is 4.06. The Bertz CT molecular complexity index is 643. The molecule has 0 unspecified atom stereocenters. The monoisotopic (exact) mass is 324 g/mol. The van der Waals surface area contributed by atoms with Crippen molar-refractivity contribution in [1.29, 1.82) is 0 Å². The summed E-state index contributed by atoms with van der Waals surface area (Å²) in [4.78, 5) is 24.7. The Labute approximate surface area is 141 Å². The van der Waals surface area contributed by atoms with Crippen molar-refractivity contribution in [3.63, 3.8) is 0 Å². The Hall–Kier alpha value is -2.66. The van der Waals surface area contributed by atoms with Crippen LogP contribution in [0.25, 0.3) is 0 Å². The van der Waals surface area contributed by atoms with Crippen LogP contribution in [0.5, 0.6) is 0 Å². The van der Waals surface area contributed by atoms with E-state index in [1.165, 1.54) is 0 Å². The van der Waals surface area contributed by atoms with E-state index in [2.05, 4.69) is 10.9 Å². The maximum Gasteiger partial charge on any atom is 0.267 e. The fourth-order valence-electron chi connectivity index (χ4n) is 2.85. The van der Waals surface area contributed by atoms with E-state index >= 15 is 0 Å². The van der Waals surface area contributed by atoms with Gasteiger partial charge in [0.1, 0.15) is 6.10 Å². The molecule has 3 rings (SSSR count). The van der Waals surface area contributed by atoms with Crippen LogP contribution in [0.15, 0.2) is 60.7 Å². The zero-order valence-corrected chi connectivity index (χ0v) is 13.3. The van der Waals surface area contributed by atoms with Crippen LogP contribution >= 0.6 is 0 Å². The first kappa shape index (κ1) is 16.2. The average molecular weight is 324 g/mol. The molecule has 0 radical (unpaired) electrons. The summed E-state index contributed by atoms with van der Waals surface area (Å²) in [7, 11) is 0. The van der Waals surface area contributed by atoms with Crippen molar-refractivity contribution >= 4 is 11.8 Å². The van der Waals surface area contributed by atoms with Crippen molar-refractivity contribution in [3.8, 4) is 0 Å². The van der Waals surface area contributed by atoms with E-state index in [0.717, 1.165) is 17.5 Å². The smallest absolute Gasteiger partial charge is 0.267 e. The largest absolute Gasteiger partial charge is 0.368 e. The fraction of sp³-hybridized carbons (Fsp3) is 0.263. The Morgan fingerprint density at radius 2 is 1.50 bits per heavy atom. The van der Waals surface area contributed by atoms with Crippen LogP contribution in [0, 0.1) is 0 Å². The van der Waals surface area contributed by atoms with Crippen LogP contribution in [-0.4, -0.2) is 24.5 Å². The predicted molar refractivity (Wildman–Crippen MR) is 90.0 cm³/mol. The summed E-state index contributed by atoms with van der Waals surface area (Å²) >= 11 is 0. The highest BCUT2D eigenvalue weighted by Crippen LogP contribution is 2.24. The number of nitrogens with one attached hydrogen (secondary N) is 2. The molecule has 1 fully saturated rings. The molecule has 1 atom stereocenters. The first-order valence-corrected chi connectivity index (χ1v) is 8.07. The SMILES string of the molecule is O=C(NNC(=O)[C@@H]1CCCO1)C(c1ccccc1)c1ccccc1. The molecule has 2 aromatic carbocycles. The molecular weight excluding hydrogens is 304 g/mol. The summed E-state index contributed by atoms with van der Waals surface area (Å²) in [6.45, 7) is 0.586. The highest BCUT2D eigenvalue weighted by atomic mass is 16.5. The van der Waals surface area contributed by atoms with Crippen molar-refractivity contribution in [1.82, 2.24) is 10.9 Å². The van der Waals surface area contributed by atoms with E-state index < -0.39 is 12.0 Å². The number of hydrogen-bond donors (Lipinski definition) is 2. The maximum atomic E-state index is 12.7. The lowest BCUT2D eigenvalue weighted by atomic mass is 9.91. The quantitative estimate of drug-likeness (QED) is 0.847. The maximum absolute atomic E-state index is 12.7. The first-order chi connectivity index (χ1) is 11.8. The summed E-state index contributed by atoms with van der Waals surface area (Å²) in [6.07, 6.45) is 1.07. The zero-order valence-electron chi connectivity index (χ0n) is 13.3. The summed E-state index contributed by atoms with van der Waals surface area (Å²) in [5.74, 6) is -1.07. The third kappa shape index (κ3) is 3.81. The molecule has 24 heavy (non-hydrogen) atoms. The minimum atomic E-state index is -0.489. The molecule has 0 saturated carbocycles. The topological polar surface area (TPSA) is 67.4 Å². The average Bonchev–Trinajstić information content (AvgIpc) is 3.16. The van der Waals surface area contributed by atoms with Crippen LogP contribution in [-0.2, 0) is 14.3 Å². The van der Waals surface area contributed by atoms with Gasteiger partial charge in [-0.25, -0.2) is 0 Å². The Kier molecular flexibility index (Phi) is 5.23.